The molecule has 4 aromatic rings. The number of halogens is 1. The van der Waals surface area contributed by atoms with Crippen LogP contribution in [-0.4, -0.2) is 126 Å². The van der Waals surface area contributed by atoms with Crippen molar-refractivity contribution < 1.29 is 37.9 Å². The van der Waals surface area contributed by atoms with Crippen LogP contribution in [0.1, 0.15) is 46.6 Å². The maximum Gasteiger partial charge on any atom is 0.256 e. The molecule has 19 heteroatoms. The van der Waals surface area contributed by atoms with Gasteiger partial charge < -0.3 is 39.4 Å². The predicted molar refractivity (Wildman–Crippen MR) is 230 cm³/mol. The molecule has 2 aromatic heterocycles. The summed E-state index contributed by atoms with van der Waals surface area (Å²) in [6.07, 6.45) is 6.53. The Kier molecular flexibility index (Phi) is 19.5. The number of pyridine rings is 2. The molecule has 5 rings (SSSR count). The van der Waals surface area contributed by atoms with E-state index in [1.165, 1.54) is 34.9 Å². The molecule has 1 saturated heterocycles. The molecule has 3 heterocycles. The summed E-state index contributed by atoms with van der Waals surface area (Å²) in [6, 6.07) is 17.0. The molecule has 0 unspecified atom stereocenters. The standard InChI is InChI=1S/C29H34FN6O6.C15H17N3O2.Fm/c1-22-4-2-3-5-24(22)27(33-32-20-38)17-23-6-7-26(30)25(16-23)29(41)36-11-9-35(10-12-36)28(40)18-34(21-39)13-15-42-14-8-31-19-37;1-4-18-9-12(5-6-15(18)20)13-7-14(17-11(3)19)10(2)16-8-13;/h2-7,16,19-20H,8-15,17-18H2,1H3,(H,31,37)(H,32,38);5-9H,4H2,1-3H3,(H,17,19);/q-1;;/b33-27-;;. The van der Waals surface area contributed by atoms with E-state index in [-0.39, 0.29) is 81.8 Å². The summed E-state index contributed by atoms with van der Waals surface area (Å²) in [5.41, 5.74) is 8.35. The molecule has 0 atom stereocenters. The Balaban J connectivity index is 0.000000420. The van der Waals surface area contributed by atoms with Gasteiger partial charge in [0.2, 0.25) is 24.6 Å². The van der Waals surface area contributed by atoms with E-state index in [9.17, 15) is 38.0 Å². The number of benzene rings is 2. The minimum Gasteiger partial charge on any atom is -0.520 e. The second-order valence-electron chi connectivity index (χ2n) is 14.1. The number of hydrogen-bond acceptors (Lipinski definition) is 10. The molecule has 0 aliphatic carbocycles. The number of aryl methyl sites for hydroxylation is 3. The van der Waals surface area contributed by atoms with E-state index in [4.69, 9.17) is 4.74 Å². The summed E-state index contributed by atoms with van der Waals surface area (Å²) >= 11 is 0. The molecule has 63 heavy (non-hydrogen) atoms. The van der Waals surface area contributed by atoms with Gasteiger partial charge in [0, 0.05) is 88.7 Å². The van der Waals surface area contributed by atoms with Crippen molar-refractivity contribution in [1.29, 1.82) is 0 Å². The van der Waals surface area contributed by atoms with Crippen LogP contribution in [-0.2, 0) is 41.7 Å². The monoisotopic (exact) mass is 1110 g/mol. The number of hydrogen-bond donors (Lipinski definition) is 3. The summed E-state index contributed by atoms with van der Waals surface area (Å²) in [4.78, 5) is 89.6. The van der Waals surface area contributed by atoms with Crippen molar-refractivity contribution in [1.82, 2.24) is 35.0 Å². The summed E-state index contributed by atoms with van der Waals surface area (Å²) in [5, 5.41) is 9.37. The molecular weight excluding hydrogens is 1060 g/mol. The third-order valence-electron chi connectivity index (χ3n) is 9.75. The van der Waals surface area contributed by atoms with Crippen LogP contribution in [0, 0.1) is 19.7 Å². The maximum atomic E-state index is 14.8. The van der Waals surface area contributed by atoms with E-state index in [1.54, 1.807) is 40.4 Å². The average molecular weight is 1110 g/mol. The Labute approximate surface area is 358 Å². The SMILES string of the molecule is CCn1cc(-c2cnc(C)c(NC(C)=O)c2)ccc1=O.Cc1ccccc1/C(Cc1ccc(F)c(C(=O)N2CCN(C(=O)CN([C-]=O)CCOCCNC=O)CC2)c1)=N\NC=O.[Fm]. The molecule has 1 aliphatic rings. The molecule has 17 nitrogen and oxygen atoms in total. The number of carbonyl (C=O) groups excluding carboxylic acids is 6. The van der Waals surface area contributed by atoms with E-state index in [0.717, 1.165) is 27.9 Å². The number of ether oxygens (including phenoxy) is 1. The number of hydrazone groups is 1. The number of nitrogens with one attached hydrogen (secondary N) is 3. The summed E-state index contributed by atoms with van der Waals surface area (Å²) in [5.74, 6) is -1.59. The van der Waals surface area contributed by atoms with E-state index in [1.807, 2.05) is 51.1 Å². The number of rotatable bonds is 19. The molecule has 340 valence electrons. The normalized spacial score (nSPS) is 12.2. The molecule has 1 aliphatic heterocycles. The molecular formula is C44H51FFmN9O8-. The minimum atomic E-state index is -0.663. The fourth-order valence-electron chi connectivity index (χ4n) is 6.41. The van der Waals surface area contributed by atoms with Gasteiger partial charge in [-0.25, -0.2) is 9.82 Å². The van der Waals surface area contributed by atoms with Gasteiger partial charge in [-0.3, -0.25) is 33.8 Å². The first-order valence-electron chi connectivity index (χ1n) is 19.9. The third-order valence-corrected chi connectivity index (χ3v) is 9.75. The third kappa shape index (κ3) is 14.6. The largest absolute Gasteiger partial charge is 0.520 e. The van der Waals surface area contributed by atoms with Crippen molar-refractivity contribution in [3.05, 3.63) is 117 Å². The van der Waals surface area contributed by atoms with Crippen molar-refractivity contribution in [2.24, 2.45) is 5.10 Å². The fourth-order valence-corrected chi connectivity index (χ4v) is 6.41. The summed E-state index contributed by atoms with van der Waals surface area (Å²) in [7, 11) is 0. The predicted octanol–water partition coefficient (Wildman–Crippen LogP) is 2.44. The van der Waals surface area contributed by atoms with Crippen LogP contribution in [0.15, 0.2) is 83.0 Å². The number of aromatic nitrogens is 2. The molecule has 6 amide bonds. The maximum absolute atomic E-state index is 14.8. The zero-order valence-corrected chi connectivity index (χ0v) is 37.9. The van der Waals surface area contributed by atoms with Crippen LogP contribution < -0.4 is 21.6 Å². The first kappa shape index (κ1) is 49.3. The van der Waals surface area contributed by atoms with Gasteiger partial charge in [-0.15, -0.1) is 0 Å². The van der Waals surface area contributed by atoms with Crippen LogP contribution >= 0.6 is 0 Å². The zero-order valence-electron chi connectivity index (χ0n) is 35.5. The van der Waals surface area contributed by atoms with Crippen molar-refractivity contribution >= 4 is 48.4 Å². The van der Waals surface area contributed by atoms with Gasteiger partial charge in [0.15, 0.2) is 0 Å². The Morgan fingerprint density at radius 1 is 0.952 bits per heavy atom. The molecule has 0 spiro atoms. The quantitative estimate of drug-likeness (QED) is 0.0315. The second-order valence-corrected chi connectivity index (χ2v) is 14.1. The van der Waals surface area contributed by atoms with Crippen LogP contribution in [0.5, 0.6) is 0 Å². The molecule has 2 aromatic carbocycles. The van der Waals surface area contributed by atoms with Gasteiger partial charge in [0.05, 0.1) is 42.4 Å². The van der Waals surface area contributed by atoms with Crippen LogP contribution in [0.25, 0.3) is 11.1 Å². The van der Waals surface area contributed by atoms with E-state index in [0.29, 0.717) is 42.9 Å². The number of nitrogens with zero attached hydrogens (tertiary/aromatic N) is 6. The average Bonchev–Trinajstić information content (AvgIpc) is 3.27. The first-order valence-corrected chi connectivity index (χ1v) is 19.9. The van der Waals surface area contributed by atoms with Crippen molar-refractivity contribution in [2.45, 2.75) is 40.7 Å². The second kappa shape index (κ2) is 24.9. The Hall–Kier alpha value is -8.08. The minimum absolute atomic E-state index is 0. The zero-order chi connectivity index (χ0) is 45.0. The summed E-state index contributed by atoms with van der Waals surface area (Å²) < 4.78 is 21.7. The smallest absolute Gasteiger partial charge is 0.256 e. The van der Waals surface area contributed by atoms with Gasteiger partial charge in [-0.1, -0.05) is 30.3 Å². The molecule has 0 radical (unpaired) electrons. The van der Waals surface area contributed by atoms with Gasteiger partial charge in [0.1, 0.15) is 5.82 Å². The van der Waals surface area contributed by atoms with E-state index in [2.05, 4.69) is 26.1 Å². The van der Waals surface area contributed by atoms with E-state index < -0.39 is 11.7 Å². The topological polar surface area (TPSA) is 205 Å². The van der Waals surface area contributed by atoms with Gasteiger partial charge in [0.25, 0.3) is 11.5 Å². The molecule has 1 fully saturated rings. The van der Waals surface area contributed by atoms with Gasteiger partial charge in [-0.2, -0.15) is 11.5 Å². The Morgan fingerprint density at radius 2 is 1.68 bits per heavy atom. The van der Waals surface area contributed by atoms with Gasteiger partial charge in [-0.05, 0) is 61.7 Å². The number of anilines is 1. The number of carbonyl (C=O) groups is 5. The first-order chi connectivity index (χ1) is 29.9. The van der Waals surface area contributed by atoms with Crippen molar-refractivity contribution in [3.63, 3.8) is 0 Å². The Bertz CT molecular complexity index is 2300. The molecule has 0 saturated carbocycles. The van der Waals surface area contributed by atoms with Crippen molar-refractivity contribution in [3.8, 4) is 11.1 Å². The van der Waals surface area contributed by atoms with Crippen LogP contribution in [0.2, 0.25) is 0 Å². The van der Waals surface area contributed by atoms with Crippen LogP contribution in [0.3, 0.4) is 0 Å². The number of amides is 6. The molecule has 0 bridgehead atoms. The Morgan fingerprint density at radius 3 is 2.35 bits per heavy atom. The summed E-state index contributed by atoms with van der Waals surface area (Å²) in [6.45, 7) is 9.37. The molecule has 3 N–H and O–H groups in total. The van der Waals surface area contributed by atoms with Gasteiger partial charge >= 0.3 is 0 Å². The number of piperazine rings is 1. The van der Waals surface area contributed by atoms with E-state index >= 15 is 0 Å². The van der Waals surface area contributed by atoms with Crippen LogP contribution in [0.4, 0.5) is 10.1 Å². The van der Waals surface area contributed by atoms with Crippen molar-refractivity contribution in [2.75, 3.05) is 64.3 Å². The fraction of sp³-hybridized carbons (Fsp3) is 0.341.